The van der Waals surface area contributed by atoms with Gasteiger partial charge in [-0.3, -0.25) is 4.79 Å². The summed E-state index contributed by atoms with van der Waals surface area (Å²) in [5.41, 5.74) is 4.55. The van der Waals surface area contributed by atoms with Crippen LogP contribution in [-0.4, -0.2) is 35.6 Å². The Balaban J connectivity index is 1.62. The number of carbonyl (C=O) groups excluding carboxylic acids is 1. The maximum absolute atomic E-state index is 12.0. The van der Waals surface area contributed by atoms with Crippen LogP contribution in [0.15, 0.2) is 58.1 Å². The number of hydrogen-bond donors (Lipinski definition) is 1. The molecule has 0 bridgehead atoms. The molecule has 3 aromatic rings. The molecule has 0 aliphatic heterocycles. The molecule has 0 atom stereocenters. The van der Waals surface area contributed by atoms with Crippen molar-refractivity contribution in [2.75, 3.05) is 13.7 Å². The number of aromatic nitrogens is 2. The van der Waals surface area contributed by atoms with E-state index in [1.54, 1.807) is 22.9 Å². The molecule has 150 valence electrons. The number of benzene rings is 2. The van der Waals surface area contributed by atoms with Crippen LogP contribution in [0.5, 0.6) is 11.5 Å². The second-order valence-electron chi connectivity index (χ2n) is 5.91. The monoisotopic (exact) mass is 476 g/mol. The summed E-state index contributed by atoms with van der Waals surface area (Å²) >= 11 is 9.77. The van der Waals surface area contributed by atoms with Crippen LogP contribution in [0.1, 0.15) is 11.3 Å². The minimum absolute atomic E-state index is 0.217. The largest absolute Gasteiger partial charge is 0.493 e. The lowest BCUT2D eigenvalue weighted by Gasteiger charge is -2.10. The third kappa shape index (κ3) is 5.16. The minimum atomic E-state index is -0.421. The molecule has 2 aromatic carbocycles. The summed E-state index contributed by atoms with van der Waals surface area (Å²) < 4.78 is 13.2. The quantitative estimate of drug-likeness (QED) is 0.410. The first-order valence-electron chi connectivity index (χ1n) is 8.58. The topological polar surface area (TPSA) is 77.7 Å². The van der Waals surface area contributed by atoms with Crippen molar-refractivity contribution < 1.29 is 14.3 Å². The highest BCUT2D eigenvalue weighted by atomic mass is 79.9. The first-order chi connectivity index (χ1) is 14.0. The number of hydrazone groups is 1. The molecular formula is C20H18BrClN4O3. The number of nitrogens with one attached hydrogen (secondary N) is 1. The fourth-order valence-corrected chi connectivity index (χ4v) is 3.16. The van der Waals surface area contributed by atoms with E-state index in [0.717, 1.165) is 10.2 Å². The van der Waals surface area contributed by atoms with Crippen molar-refractivity contribution in [1.82, 2.24) is 15.2 Å². The smallest absolute Gasteiger partial charge is 0.277 e. The van der Waals surface area contributed by atoms with Gasteiger partial charge in [0.05, 0.1) is 30.3 Å². The molecule has 1 N–H and O–H groups in total. The summed E-state index contributed by atoms with van der Waals surface area (Å²) in [6, 6.07) is 14.8. The van der Waals surface area contributed by atoms with Gasteiger partial charge in [0, 0.05) is 4.47 Å². The Hall–Kier alpha value is -2.84. The average Bonchev–Trinajstić information content (AvgIpc) is 3.01. The van der Waals surface area contributed by atoms with E-state index in [0.29, 0.717) is 27.9 Å². The molecule has 0 radical (unpaired) electrons. The predicted octanol–water partition coefficient (Wildman–Crippen LogP) is 4.13. The van der Waals surface area contributed by atoms with Gasteiger partial charge in [-0.25, -0.2) is 10.1 Å². The minimum Gasteiger partial charge on any atom is -0.493 e. The van der Waals surface area contributed by atoms with Crippen LogP contribution >= 0.6 is 27.5 Å². The van der Waals surface area contributed by atoms with E-state index in [9.17, 15) is 4.79 Å². The van der Waals surface area contributed by atoms with Gasteiger partial charge in [0.1, 0.15) is 5.15 Å². The third-order valence-corrected chi connectivity index (χ3v) is 4.77. The number of ether oxygens (including phenoxy) is 2. The van der Waals surface area contributed by atoms with E-state index in [4.69, 9.17) is 21.1 Å². The van der Waals surface area contributed by atoms with Crippen LogP contribution < -0.4 is 14.9 Å². The van der Waals surface area contributed by atoms with Crippen molar-refractivity contribution in [1.29, 1.82) is 0 Å². The zero-order valence-electron chi connectivity index (χ0n) is 15.7. The Kier molecular flexibility index (Phi) is 6.90. The number of carbonyl (C=O) groups is 1. The van der Waals surface area contributed by atoms with Crippen LogP contribution in [0, 0.1) is 6.92 Å². The van der Waals surface area contributed by atoms with Gasteiger partial charge < -0.3 is 9.47 Å². The van der Waals surface area contributed by atoms with Gasteiger partial charge >= 0.3 is 0 Å². The number of rotatable bonds is 7. The van der Waals surface area contributed by atoms with E-state index in [1.807, 2.05) is 37.3 Å². The maximum atomic E-state index is 12.0. The molecule has 0 fully saturated rings. The van der Waals surface area contributed by atoms with Crippen LogP contribution in [0.25, 0.3) is 5.69 Å². The highest BCUT2D eigenvalue weighted by molar-refractivity contribution is 9.10. The summed E-state index contributed by atoms with van der Waals surface area (Å²) in [4.78, 5) is 12.0. The lowest BCUT2D eigenvalue weighted by atomic mass is 10.3. The molecule has 0 spiro atoms. The normalized spacial score (nSPS) is 10.9. The first kappa shape index (κ1) is 20.9. The Morgan fingerprint density at radius 1 is 1.28 bits per heavy atom. The van der Waals surface area contributed by atoms with E-state index < -0.39 is 5.91 Å². The Morgan fingerprint density at radius 3 is 2.76 bits per heavy atom. The van der Waals surface area contributed by atoms with Gasteiger partial charge in [-0.15, -0.1) is 0 Å². The zero-order valence-corrected chi connectivity index (χ0v) is 18.1. The molecule has 1 amide bonds. The van der Waals surface area contributed by atoms with Crippen molar-refractivity contribution in [2.45, 2.75) is 6.92 Å². The molecule has 0 saturated heterocycles. The number of halogens is 2. The van der Waals surface area contributed by atoms with E-state index >= 15 is 0 Å². The van der Waals surface area contributed by atoms with Gasteiger partial charge in [0.25, 0.3) is 5.91 Å². The summed E-state index contributed by atoms with van der Waals surface area (Å²) in [7, 11) is 1.53. The van der Waals surface area contributed by atoms with Gasteiger partial charge in [0.2, 0.25) is 0 Å². The number of aryl methyl sites for hydroxylation is 1. The van der Waals surface area contributed by atoms with Crippen LogP contribution in [0.4, 0.5) is 0 Å². The van der Waals surface area contributed by atoms with E-state index in [-0.39, 0.29) is 6.61 Å². The molecule has 1 heterocycles. The lowest BCUT2D eigenvalue weighted by molar-refractivity contribution is -0.123. The molecule has 0 aliphatic rings. The summed E-state index contributed by atoms with van der Waals surface area (Å²) in [6.07, 6.45) is 1.46. The molecule has 1 aromatic heterocycles. The molecule has 0 saturated carbocycles. The summed E-state index contributed by atoms with van der Waals surface area (Å²) in [5.74, 6) is 0.555. The number of nitrogens with zero attached hydrogens (tertiary/aromatic N) is 3. The van der Waals surface area contributed by atoms with Crippen LogP contribution in [0.3, 0.4) is 0 Å². The van der Waals surface area contributed by atoms with Crippen LogP contribution in [0.2, 0.25) is 5.15 Å². The lowest BCUT2D eigenvalue weighted by Crippen LogP contribution is -2.24. The van der Waals surface area contributed by atoms with Gasteiger partial charge in [0.15, 0.2) is 18.1 Å². The second-order valence-corrected chi connectivity index (χ2v) is 7.19. The van der Waals surface area contributed by atoms with Gasteiger partial charge in [-0.05, 0) is 37.3 Å². The van der Waals surface area contributed by atoms with Crippen molar-refractivity contribution in [3.05, 3.63) is 69.4 Å². The van der Waals surface area contributed by atoms with Crippen molar-refractivity contribution in [2.24, 2.45) is 5.10 Å². The molecule has 29 heavy (non-hydrogen) atoms. The maximum Gasteiger partial charge on any atom is 0.277 e. The van der Waals surface area contributed by atoms with Crippen molar-refractivity contribution >= 4 is 39.7 Å². The Morgan fingerprint density at radius 2 is 2.03 bits per heavy atom. The Bertz CT molecular complexity index is 1040. The number of para-hydroxylation sites is 1. The SMILES string of the molecule is COc1cc(Br)ccc1OCC(=O)N/N=C/c1c(C)nn(-c2ccccc2)c1Cl. The molecule has 0 unspecified atom stereocenters. The predicted molar refractivity (Wildman–Crippen MR) is 115 cm³/mol. The standard InChI is InChI=1S/C20H18BrClN4O3/c1-13-16(20(22)26(25-13)15-6-4-3-5-7-15)11-23-24-19(27)12-29-17-9-8-14(21)10-18(17)28-2/h3-11H,12H2,1-2H3,(H,24,27)/b23-11+. The highest BCUT2D eigenvalue weighted by Gasteiger charge is 2.13. The molecular weight excluding hydrogens is 460 g/mol. The highest BCUT2D eigenvalue weighted by Crippen LogP contribution is 2.30. The Labute approximate surface area is 181 Å². The van der Waals surface area contributed by atoms with Crippen molar-refractivity contribution in [3.63, 3.8) is 0 Å². The second kappa shape index (κ2) is 9.58. The van der Waals surface area contributed by atoms with E-state index in [2.05, 4.69) is 31.6 Å². The number of hydrogen-bond acceptors (Lipinski definition) is 5. The molecule has 3 rings (SSSR count). The van der Waals surface area contributed by atoms with Gasteiger partial charge in [-0.2, -0.15) is 10.2 Å². The fraction of sp³-hybridized carbons (Fsp3) is 0.150. The van der Waals surface area contributed by atoms with Crippen molar-refractivity contribution in [3.8, 4) is 17.2 Å². The summed E-state index contributed by atoms with van der Waals surface area (Å²) in [5, 5.41) is 8.78. The number of methoxy groups -OCH3 is 1. The van der Waals surface area contributed by atoms with Crippen LogP contribution in [-0.2, 0) is 4.79 Å². The third-order valence-electron chi connectivity index (χ3n) is 3.92. The molecule has 9 heteroatoms. The zero-order chi connectivity index (χ0) is 20.8. The number of amides is 1. The average molecular weight is 478 g/mol. The first-order valence-corrected chi connectivity index (χ1v) is 9.75. The van der Waals surface area contributed by atoms with E-state index in [1.165, 1.54) is 13.3 Å². The van der Waals surface area contributed by atoms with Gasteiger partial charge in [-0.1, -0.05) is 45.7 Å². The fourth-order valence-electron chi connectivity index (χ4n) is 2.50. The summed E-state index contributed by atoms with van der Waals surface area (Å²) in [6.45, 7) is 1.60. The molecule has 7 nitrogen and oxygen atoms in total. The molecule has 0 aliphatic carbocycles.